The molecule has 1 heterocycles. The van der Waals surface area contributed by atoms with Crippen LogP contribution >= 0.6 is 0 Å². The number of nitrogens with zero attached hydrogens (tertiary/aromatic N) is 4. The fraction of sp³-hybridized carbons (Fsp3) is 0.211. The minimum absolute atomic E-state index is 0.817. The van der Waals surface area contributed by atoms with Crippen LogP contribution in [0.2, 0.25) is 19.6 Å². The predicted molar refractivity (Wildman–Crippen MR) is 105 cm³/mol. The number of hydrogen-bond acceptors (Lipinski definition) is 4. The van der Waals surface area contributed by atoms with E-state index in [1.165, 1.54) is 0 Å². The molecular weight excluding hydrogens is 328 g/mol. The molecule has 0 fully saturated rings. The van der Waals surface area contributed by atoms with Gasteiger partial charge in [-0.1, -0.05) is 43.1 Å². The molecular formula is C19H22N4OSi. The number of aromatic nitrogens is 3. The summed E-state index contributed by atoms with van der Waals surface area (Å²) in [6, 6.07) is 17.7. The van der Waals surface area contributed by atoms with Crippen molar-refractivity contribution in [3.63, 3.8) is 0 Å². The molecule has 0 spiro atoms. The van der Waals surface area contributed by atoms with Crippen LogP contribution in [0.3, 0.4) is 0 Å². The van der Waals surface area contributed by atoms with Gasteiger partial charge in [0, 0.05) is 0 Å². The Hall–Kier alpha value is -2.73. The van der Waals surface area contributed by atoms with Crippen LogP contribution in [0.1, 0.15) is 5.69 Å². The zero-order chi connectivity index (χ0) is 17.9. The molecule has 128 valence electrons. The van der Waals surface area contributed by atoms with Gasteiger partial charge < -0.3 is 4.74 Å². The SMILES string of the molecule is COc1ccc(N=Cc2c([Si](C)(C)C)nnn2-c2ccccc2)cc1. The Morgan fingerprint density at radius 3 is 2.28 bits per heavy atom. The van der Waals surface area contributed by atoms with Crippen molar-refractivity contribution in [3.05, 3.63) is 60.3 Å². The molecule has 0 aliphatic carbocycles. The first-order valence-electron chi connectivity index (χ1n) is 8.19. The van der Waals surface area contributed by atoms with E-state index in [-0.39, 0.29) is 0 Å². The average molecular weight is 350 g/mol. The zero-order valence-corrected chi connectivity index (χ0v) is 16.0. The van der Waals surface area contributed by atoms with E-state index in [0.29, 0.717) is 0 Å². The van der Waals surface area contributed by atoms with E-state index >= 15 is 0 Å². The van der Waals surface area contributed by atoms with E-state index in [1.807, 2.05) is 65.5 Å². The lowest BCUT2D eigenvalue weighted by atomic mass is 10.3. The highest BCUT2D eigenvalue weighted by Crippen LogP contribution is 2.18. The van der Waals surface area contributed by atoms with Crippen LogP contribution in [0.15, 0.2) is 59.6 Å². The van der Waals surface area contributed by atoms with Crippen LogP contribution in [-0.4, -0.2) is 36.4 Å². The highest BCUT2D eigenvalue weighted by atomic mass is 28.3. The van der Waals surface area contributed by atoms with Crippen molar-refractivity contribution in [2.24, 2.45) is 4.99 Å². The van der Waals surface area contributed by atoms with Gasteiger partial charge in [-0.05, 0) is 36.4 Å². The summed E-state index contributed by atoms with van der Waals surface area (Å²) in [6.45, 7) is 6.78. The van der Waals surface area contributed by atoms with Gasteiger partial charge in [0.05, 0.1) is 30.0 Å². The van der Waals surface area contributed by atoms with Crippen molar-refractivity contribution in [1.82, 2.24) is 15.0 Å². The van der Waals surface area contributed by atoms with Gasteiger partial charge in [-0.2, -0.15) is 0 Å². The summed E-state index contributed by atoms with van der Waals surface area (Å²) in [4.78, 5) is 4.63. The van der Waals surface area contributed by atoms with E-state index in [1.54, 1.807) is 7.11 Å². The van der Waals surface area contributed by atoms with Crippen molar-refractivity contribution in [1.29, 1.82) is 0 Å². The average Bonchev–Trinajstić information content (AvgIpc) is 3.05. The second-order valence-corrected chi connectivity index (χ2v) is 11.8. The van der Waals surface area contributed by atoms with Crippen LogP contribution in [0.25, 0.3) is 5.69 Å². The summed E-state index contributed by atoms with van der Waals surface area (Å²) in [5.74, 6) is 0.817. The molecule has 0 aliphatic rings. The van der Waals surface area contributed by atoms with Crippen molar-refractivity contribution in [2.45, 2.75) is 19.6 Å². The molecule has 5 nitrogen and oxygen atoms in total. The Balaban J connectivity index is 2.03. The van der Waals surface area contributed by atoms with E-state index < -0.39 is 8.07 Å². The standard InChI is InChI=1S/C19H22N4OSi/c1-24-17-12-10-15(11-13-17)20-14-18-19(25(2,3)4)21-22-23(18)16-8-6-5-7-9-16/h5-14H,1-4H3. The monoisotopic (exact) mass is 350 g/mol. The summed E-state index contributed by atoms with van der Waals surface area (Å²) < 4.78 is 7.05. The molecule has 3 rings (SSSR count). The number of benzene rings is 2. The lowest BCUT2D eigenvalue weighted by molar-refractivity contribution is 0.415. The quantitative estimate of drug-likeness (QED) is 0.522. The molecule has 0 aliphatic heterocycles. The highest BCUT2D eigenvalue weighted by molar-refractivity contribution is 6.88. The first-order chi connectivity index (χ1) is 12.0. The van der Waals surface area contributed by atoms with Crippen LogP contribution in [-0.2, 0) is 0 Å². The number of para-hydroxylation sites is 1. The van der Waals surface area contributed by atoms with Crippen LogP contribution in [0.5, 0.6) is 5.75 Å². The van der Waals surface area contributed by atoms with E-state index in [9.17, 15) is 0 Å². The van der Waals surface area contributed by atoms with Crippen molar-refractivity contribution < 1.29 is 4.74 Å². The number of rotatable bonds is 5. The smallest absolute Gasteiger partial charge is 0.119 e. The largest absolute Gasteiger partial charge is 0.497 e. The van der Waals surface area contributed by atoms with Gasteiger partial charge in [-0.15, -0.1) is 5.10 Å². The number of hydrogen-bond donors (Lipinski definition) is 0. The first-order valence-corrected chi connectivity index (χ1v) is 11.7. The molecule has 0 saturated carbocycles. The topological polar surface area (TPSA) is 52.3 Å². The Morgan fingerprint density at radius 2 is 1.68 bits per heavy atom. The minimum Gasteiger partial charge on any atom is -0.497 e. The van der Waals surface area contributed by atoms with Crippen molar-refractivity contribution in [2.75, 3.05) is 7.11 Å². The Morgan fingerprint density at radius 1 is 1.00 bits per heavy atom. The van der Waals surface area contributed by atoms with Crippen LogP contribution < -0.4 is 10.1 Å². The van der Waals surface area contributed by atoms with E-state index in [4.69, 9.17) is 4.74 Å². The molecule has 0 saturated heterocycles. The van der Waals surface area contributed by atoms with Crippen LogP contribution in [0.4, 0.5) is 5.69 Å². The normalized spacial score (nSPS) is 11.8. The van der Waals surface area contributed by atoms with Gasteiger partial charge in [0.15, 0.2) is 0 Å². The third-order valence-corrected chi connectivity index (χ3v) is 5.60. The summed E-state index contributed by atoms with van der Waals surface area (Å²) in [7, 11) is 0.00682. The molecule has 6 heteroatoms. The lowest BCUT2D eigenvalue weighted by Crippen LogP contribution is -2.41. The van der Waals surface area contributed by atoms with Gasteiger partial charge >= 0.3 is 0 Å². The predicted octanol–water partition coefficient (Wildman–Crippen LogP) is 3.57. The molecule has 2 aromatic carbocycles. The number of ether oxygens (including phenoxy) is 1. The zero-order valence-electron chi connectivity index (χ0n) is 15.0. The van der Waals surface area contributed by atoms with Gasteiger partial charge in [-0.25, -0.2) is 4.68 Å². The van der Waals surface area contributed by atoms with Crippen molar-refractivity contribution >= 4 is 25.3 Å². The first kappa shape index (κ1) is 17.1. The molecule has 1 aromatic heterocycles. The lowest BCUT2D eigenvalue weighted by Gasteiger charge is -2.13. The van der Waals surface area contributed by atoms with E-state index in [0.717, 1.165) is 28.1 Å². The Bertz CT molecular complexity index is 865. The summed E-state index contributed by atoms with van der Waals surface area (Å²) in [6.07, 6.45) is 1.86. The maximum atomic E-state index is 5.19. The number of methoxy groups -OCH3 is 1. The summed E-state index contributed by atoms with van der Waals surface area (Å²) in [5.41, 5.74) is 2.79. The molecule has 0 N–H and O–H groups in total. The third-order valence-electron chi connectivity index (χ3n) is 3.82. The number of aliphatic imine (C=N–C) groups is 1. The van der Waals surface area contributed by atoms with E-state index in [2.05, 4.69) is 34.9 Å². The minimum atomic E-state index is -1.65. The molecule has 0 bridgehead atoms. The van der Waals surface area contributed by atoms with Gasteiger partial charge in [0.2, 0.25) is 0 Å². The Kier molecular flexibility index (Phi) is 4.80. The molecule has 0 radical (unpaired) electrons. The third kappa shape index (κ3) is 3.85. The summed E-state index contributed by atoms with van der Waals surface area (Å²) in [5, 5.41) is 9.90. The fourth-order valence-electron chi connectivity index (χ4n) is 2.50. The maximum absolute atomic E-state index is 5.19. The molecule has 0 unspecified atom stereocenters. The summed E-state index contributed by atoms with van der Waals surface area (Å²) >= 11 is 0. The maximum Gasteiger partial charge on any atom is 0.119 e. The highest BCUT2D eigenvalue weighted by Gasteiger charge is 2.26. The van der Waals surface area contributed by atoms with Gasteiger partial charge in [-0.3, -0.25) is 4.99 Å². The molecule has 3 aromatic rings. The fourth-order valence-corrected chi connectivity index (χ4v) is 3.79. The van der Waals surface area contributed by atoms with Gasteiger partial charge in [0.1, 0.15) is 19.5 Å². The van der Waals surface area contributed by atoms with Crippen molar-refractivity contribution in [3.8, 4) is 11.4 Å². The second kappa shape index (κ2) is 7.02. The Labute approximate surface area is 149 Å². The van der Waals surface area contributed by atoms with Crippen LogP contribution in [0, 0.1) is 0 Å². The molecule has 0 amide bonds. The molecule has 25 heavy (non-hydrogen) atoms. The van der Waals surface area contributed by atoms with Gasteiger partial charge in [0.25, 0.3) is 0 Å². The second-order valence-electron chi connectivity index (χ2n) is 6.78. The molecule has 0 atom stereocenters.